The SMILES string of the molecule is Cc1cc(C2=NN=CCO2)c(Oc2cccc(Cl)c2F)nn1. The molecule has 0 radical (unpaired) electrons. The van der Waals surface area contributed by atoms with Gasteiger partial charge in [0.1, 0.15) is 12.2 Å². The van der Waals surface area contributed by atoms with Crippen molar-refractivity contribution in [3.05, 3.63) is 46.4 Å². The van der Waals surface area contributed by atoms with Crippen LogP contribution in [0.3, 0.4) is 0 Å². The van der Waals surface area contributed by atoms with Crippen molar-refractivity contribution in [3.63, 3.8) is 0 Å². The highest BCUT2D eigenvalue weighted by molar-refractivity contribution is 6.30. The third-order valence-electron chi connectivity index (χ3n) is 2.76. The van der Waals surface area contributed by atoms with Gasteiger partial charge in [0.2, 0.25) is 5.90 Å². The van der Waals surface area contributed by atoms with Crippen LogP contribution in [0.5, 0.6) is 11.6 Å². The highest BCUT2D eigenvalue weighted by atomic mass is 35.5. The number of halogens is 2. The quantitative estimate of drug-likeness (QED) is 0.871. The Bertz CT molecular complexity index is 779. The molecule has 8 heteroatoms. The molecule has 2 heterocycles. The Balaban J connectivity index is 2.02. The smallest absolute Gasteiger partial charge is 0.251 e. The van der Waals surface area contributed by atoms with Gasteiger partial charge in [0.15, 0.2) is 11.6 Å². The Morgan fingerprint density at radius 3 is 2.95 bits per heavy atom. The minimum atomic E-state index is -0.679. The Labute approximate surface area is 130 Å². The van der Waals surface area contributed by atoms with Crippen LogP contribution >= 0.6 is 11.6 Å². The summed E-state index contributed by atoms with van der Waals surface area (Å²) in [5.41, 5.74) is 1.07. The lowest BCUT2D eigenvalue weighted by Crippen LogP contribution is -2.14. The van der Waals surface area contributed by atoms with Crippen molar-refractivity contribution in [1.82, 2.24) is 10.2 Å². The first-order valence-corrected chi connectivity index (χ1v) is 6.72. The summed E-state index contributed by atoms with van der Waals surface area (Å²) in [7, 11) is 0. The van der Waals surface area contributed by atoms with E-state index in [4.69, 9.17) is 21.1 Å². The van der Waals surface area contributed by atoms with Crippen LogP contribution in [0.4, 0.5) is 4.39 Å². The number of ether oxygens (including phenoxy) is 2. The van der Waals surface area contributed by atoms with Crippen molar-refractivity contribution in [1.29, 1.82) is 0 Å². The van der Waals surface area contributed by atoms with Crippen LogP contribution in [0, 0.1) is 12.7 Å². The summed E-state index contributed by atoms with van der Waals surface area (Å²) in [6, 6.07) is 6.11. The van der Waals surface area contributed by atoms with Gasteiger partial charge in [-0.05, 0) is 25.1 Å². The standard InChI is InChI=1S/C14H10ClFN4O2/c1-8-7-9(13-19-17-5-6-21-13)14(20-18-8)22-11-4-2-3-10(15)12(11)16/h2-5,7H,6H2,1H3. The van der Waals surface area contributed by atoms with Crippen molar-refractivity contribution in [3.8, 4) is 11.6 Å². The molecule has 0 saturated carbocycles. The number of hydrogen-bond donors (Lipinski definition) is 0. The molecule has 3 rings (SSSR count). The second kappa shape index (κ2) is 6.07. The Morgan fingerprint density at radius 2 is 2.18 bits per heavy atom. The Hall–Kier alpha value is -2.54. The fourth-order valence-electron chi connectivity index (χ4n) is 1.78. The fourth-order valence-corrected chi connectivity index (χ4v) is 1.94. The molecule has 2 aromatic rings. The molecule has 0 aliphatic carbocycles. The summed E-state index contributed by atoms with van der Waals surface area (Å²) >= 11 is 5.74. The van der Waals surface area contributed by atoms with E-state index in [0.717, 1.165) is 0 Å². The third-order valence-corrected chi connectivity index (χ3v) is 3.05. The molecule has 0 unspecified atom stereocenters. The summed E-state index contributed by atoms with van der Waals surface area (Å²) < 4.78 is 24.8. The minimum Gasteiger partial charge on any atom is -0.470 e. The van der Waals surface area contributed by atoms with Crippen LogP contribution in [0.25, 0.3) is 0 Å². The van der Waals surface area contributed by atoms with Gasteiger partial charge < -0.3 is 9.47 Å². The molecule has 0 saturated heterocycles. The molecular formula is C14H10ClFN4O2. The summed E-state index contributed by atoms with van der Waals surface area (Å²) in [6.07, 6.45) is 1.52. The lowest BCUT2D eigenvalue weighted by molar-refractivity contribution is 0.356. The summed E-state index contributed by atoms with van der Waals surface area (Å²) in [4.78, 5) is 0. The highest BCUT2D eigenvalue weighted by Crippen LogP contribution is 2.30. The molecule has 0 N–H and O–H groups in total. The molecular weight excluding hydrogens is 311 g/mol. The normalized spacial score (nSPS) is 13.5. The second-order valence-corrected chi connectivity index (χ2v) is 4.78. The van der Waals surface area contributed by atoms with E-state index in [1.807, 2.05) is 0 Å². The predicted octanol–water partition coefficient (Wildman–Crippen LogP) is 3.13. The van der Waals surface area contributed by atoms with Gasteiger partial charge in [0.25, 0.3) is 5.88 Å². The summed E-state index contributed by atoms with van der Waals surface area (Å²) in [5, 5.41) is 15.4. The lowest BCUT2D eigenvalue weighted by atomic mass is 10.2. The molecule has 1 aromatic heterocycles. The lowest BCUT2D eigenvalue weighted by Gasteiger charge is -2.13. The maximum Gasteiger partial charge on any atom is 0.251 e. The van der Waals surface area contributed by atoms with Gasteiger partial charge in [0.05, 0.1) is 16.9 Å². The van der Waals surface area contributed by atoms with Crippen LogP contribution in [0.1, 0.15) is 11.3 Å². The Morgan fingerprint density at radius 1 is 1.32 bits per heavy atom. The molecule has 0 atom stereocenters. The van der Waals surface area contributed by atoms with Crippen LogP contribution < -0.4 is 4.74 Å². The van der Waals surface area contributed by atoms with Crippen molar-refractivity contribution < 1.29 is 13.9 Å². The van der Waals surface area contributed by atoms with Crippen molar-refractivity contribution in [2.45, 2.75) is 6.92 Å². The van der Waals surface area contributed by atoms with Gasteiger partial charge in [0, 0.05) is 0 Å². The van der Waals surface area contributed by atoms with E-state index < -0.39 is 5.82 Å². The number of aromatic nitrogens is 2. The summed E-state index contributed by atoms with van der Waals surface area (Å²) in [5.74, 6) is -0.450. The van der Waals surface area contributed by atoms with Gasteiger partial charge in [-0.25, -0.2) is 4.39 Å². The van der Waals surface area contributed by atoms with Gasteiger partial charge in [-0.2, -0.15) is 10.2 Å². The monoisotopic (exact) mass is 320 g/mol. The van der Waals surface area contributed by atoms with Crippen LogP contribution in [0.15, 0.2) is 34.5 Å². The zero-order chi connectivity index (χ0) is 15.5. The molecule has 6 nitrogen and oxygen atoms in total. The number of benzene rings is 1. The average Bonchev–Trinajstić information content (AvgIpc) is 2.54. The van der Waals surface area contributed by atoms with E-state index in [2.05, 4.69) is 20.4 Å². The molecule has 1 aliphatic rings. The molecule has 1 aliphatic heterocycles. The topological polar surface area (TPSA) is 69.0 Å². The third kappa shape index (κ3) is 2.89. The predicted molar refractivity (Wildman–Crippen MR) is 79.2 cm³/mol. The van der Waals surface area contributed by atoms with Crippen molar-refractivity contribution in [2.75, 3.05) is 6.61 Å². The van der Waals surface area contributed by atoms with Crippen LogP contribution in [-0.2, 0) is 4.74 Å². The number of hydrogen-bond acceptors (Lipinski definition) is 6. The molecule has 112 valence electrons. The molecule has 0 spiro atoms. The first-order valence-electron chi connectivity index (χ1n) is 6.34. The Kier molecular flexibility index (Phi) is 3.97. The molecule has 0 amide bonds. The average molecular weight is 321 g/mol. The van der Waals surface area contributed by atoms with Gasteiger partial charge in [-0.1, -0.05) is 17.7 Å². The zero-order valence-corrected chi connectivity index (χ0v) is 12.2. The maximum absolute atomic E-state index is 14.0. The van der Waals surface area contributed by atoms with Crippen LogP contribution in [-0.4, -0.2) is 28.9 Å². The second-order valence-electron chi connectivity index (χ2n) is 4.37. The first-order chi connectivity index (χ1) is 10.6. The molecule has 0 fully saturated rings. The molecule has 22 heavy (non-hydrogen) atoms. The maximum atomic E-state index is 14.0. The highest BCUT2D eigenvalue weighted by Gasteiger charge is 2.19. The van der Waals surface area contributed by atoms with E-state index in [-0.39, 0.29) is 29.2 Å². The number of aryl methyl sites for hydroxylation is 1. The summed E-state index contributed by atoms with van der Waals surface area (Å²) in [6.45, 7) is 2.04. The van der Waals surface area contributed by atoms with E-state index in [0.29, 0.717) is 11.3 Å². The van der Waals surface area contributed by atoms with Crippen molar-refractivity contribution >= 4 is 23.7 Å². The fraction of sp³-hybridized carbons (Fsp3) is 0.143. The van der Waals surface area contributed by atoms with E-state index in [1.165, 1.54) is 18.3 Å². The van der Waals surface area contributed by atoms with Gasteiger partial charge in [-0.3, -0.25) is 0 Å². The van der Waals surface area contributed by atoms with Gasteiger partial charge >= 0.3 is 0 Å². The zero-order valence-electron chi connectivity index (χ0n) is 11.5. The molecule has 0 bridgehead atoms. The van der Waals surface area contributed by atoms with Crippen molar-refractivity contribution in [2.24, 2.45) is 10.2 Å². The van der Waals surface area contributed by atoms with E-state index >= 15 is 0 Å². The van der Waals surface area contributed by atoms with E-state index in [9.17, 15) is 4.39 Å². The number of nitrogens with zero attached hydrogens (tertiary/aromatic N) is 4. The first kappa shape index (κ1) is 14.4. The molecule has 1 aromatic carbocycles. The number of rotatable bonds is 3. The van der Waals surface area contributed by atoms with Gasteiger partial charge in [-0.15, -0.1) is 10.2 Å². The largest absolute Gasteiger partial charge is 0.470 e. The van der Waals surface area contributed by atoms with E-state index in [1.54, 1.807) is 19.1 Å². The minimum absolute atomic E-state index is 0.0463. The van der Waals surface area contributed by atoms with Crippen LogP contribution in [0.2, 0.25) is 5.02 Å².